The molecule has 8 heteroatoms. The van der Waals surface area contributed by atoms with Gasteiger partial charge in [-0.1, -0.05) is 18.2 Å². The van der Waals surface area contributed by atoms with Gasteiger partial charge in [0.15, 0.2) is 5.96 Å². The molecule has 2 rings (SSSR count). The number of hydrogen-bond donors (Lipinski definition) is 3. The molecule has 0 amide bonds. The highest BCUT2D eigenvalue weighted by atomic mass is 19.3. The van der Waals surface area contributed by atoms with E-state index in [1.165, 1.54) is 11.6 Å². The van der Waals surface area contributed by atoms with Crippen LogP contribution in [0.3, 0.4) is 0 Å². The fraction of sp³-hybridized carbons (Fsp3) is 0.444. The monoisotopic (exact) mass is 365 g/mol. The summed E-state index contributed by atoms with van der Waals surface area (Å²) in [4.78, 5) is 4.45. The predicted octanol–water partition coefficient (Wildman–Crippen LogP) is 3.01. The Morgan fingerprint density at radius 3 is 2.77 bits per heavy atom. The van der Waals surface area contributed by atoms with Crippen LogP contribution >= 0.6 is 0 Å². The molecule has 0 aliphatic carbocycles. The molecule has 6 nitrogen and oxygen atoms in total. The van der Waals surface area contributed by atoms with Gasteiger partial charge in [-0.3, -0.25) is 5.10 Å². The van der Waals surface area contributed by atoms with Crippen molar-refractivity contribution in [2.75, 3.05) is 13.1 Å². The van der Waals surface area contributed by atoms with E-state index in [0.29, 0.717) is 18.1 Å². The normalized spacial score (nSPS) is 11.7. The third kappa shape index (κ3) is 6.34. The lowest BCUT2D eigenvalue weighted by Gasteiger charge is -2.12. The van der Waals surface area contributed by atoms with Gasteiger partial charge < -0.3 is 15.4 Å². The average Bonchev–Trinajstić information content (AvgIpc) is 3.02. The van der Waals surface area contributed by atoms with E-state index in [9.17, 15) is 8.78 Å². The molecule has 0 aliphatic rings. The Morgan fingerprint density at radius 2 is 2.08 bits per heavy atom. The minimum absolute atomic E-state index is 0.150. The van der Waals surface area contributed by atoms with Crippen LogP contribution in [-0.2, 0) is 13.0 Å². The van der Waals surface area contributed by atoms with Crippen molar-refractivity contribution in [1.29, 1.82) is 0 Å². The number of nitrogens with zero attached hydrogens (tertiary/aromatic N) is 2. The molecule has 0 radical (unpaired) electrons. The number of para-hydroxylation sites is 1. The first-order valence-electron chi connectivity index (χ1n) is 8.64. The minimum Gasteiger partial charge on any atom is -0.434 e. The van der Waals surface area contributed by atoms with Crippen LogP contribution in [0.15, 0.2) is 35.5 Å². The highest BCUT2D eigenvalue weighted by Crippen LogP contribution is 2.20. The fourth-order valence-electron chi connectivity index (χ4n) is 2.46. The SMILES string of the molecule is CCNC(=NCc1ccccc1OC(F)F)NCCCc1cn[nH]c1C. The zero-order chi connectivity index (χ0) is 18.8. The number of alkyl halides is 2. The quantitative estimate of drug-likeness (QED) is 0.363. The minimum atomic E-state index is -2.85. The smallest absolute Gasteiger partial charge is 0.387 e. The third-order valence-corrected chi connectivity index (χ3v) is 3.79. The van der Waals surface area contributed by atoms with E-state index in [4.69, 9.17) is 0 Å². The summed E-state index contributed by atoms with van der Waals surface area (Å²) >= 11 is 0. The summed E-state index contributed by atoms with van der Waals surface area (Å²) in [6, 6.07) is 6.68. The molecule has 1 aromatic heterocycles. The zero-order valence-electron chi connectivity index (χ0n) is 15.1. The van der Waals surface area contributed by atoms with Crippen molar-refractivity contribution >= 4 is 5.96 Å². The van der Waals surface area contributed by atoms with Gasteiger partial charge in [0, 0.05) is 24.3 Å². The number of aromatic nitrogens is 2. The van der Waals surface area contributed by atoms with Crippen molar-refractivity contribution in [3.8, 4) is 5.75 Å². The van der Waals surface area contributed by atoms with Crippen molar-refractivity contribution in [3.05, 3.63) is 47.3 Å². The van der Waals surface area contributed by atoms with Crippen LogP contribution in [0.4, 0.5) is 8.78 Å². The van der Waals surface area contributed by atoms with Gasteiger partial charge in [0.25, 0.3) is 0 Å². The molecule has 0 saturated heterocycles. The molecule has 26 heavy (non-hydrogen) atoms. The summed E-state index contributed by atoms with van der Waals surface area (Å²) in [6.07, 6.45) is 3.68. The van der Waals surface area contributed by atoms with Crippen LogP contribution in [-0.4, -0.2) is 35.9 Å². The molecule has 1 aromatic carbocycles. The lowest BCUT2D eigenvalue weighted by Crippen LogP contribution is -2.37. The molecule has 0 saturated carbocycles. The summed E-state index contributed by atoms with van der Waals surface area (Å²) in [6.45, 7) is 2.82. The van der Waals surface area contributed by atoms with Gasteiger partial charge in [-0.05, 0) is 38.3 Å². The Morgan fingerprint density at radius 1 is 1.27 bits per heavy atom. The summed E-state index contributed by atoms with van der Waals surface area (Å²) in [5, 5.41) is 13.3. The molecule has 3 N–H and O–H groups in total. The first-order valence-corrected chi connectivity index (χ1v) is 8.64. The van der Waals surface area contributed by atoms with Gasteiger partial charge in [0.1, 0.15) is 5.75 Å². The molecule has 0 aliphatic heterocycles. The number of H-pyrrole nitrogens is 1. The number of aromatic amines is 1. The van der Waals surface area contributed by atoms with Crippen molar-refractivity contribution < 1.29 is 13.5 Å². The molecule has 2 aromatic rings. The Hall–Kier alpha value is -2.64. The van der Waals surface area contributed by atoms with Crippen LogP contribution in [0.25, 0.3) is 0 Å². The van der Waals surface area contributed by atoms with Gasteiger partial charge in [-0.15, -0.1) is 0 Å². The molecular weight excluding hydrogens is 340 g/mol. The van der Waals surface area contributed by atoms with Gasteiger partial charge >= 0.3 is 6.61 Å². The molecule has 0 bridgehead atoms. The Balaban J connectivity index is 1.89. The summed E-state index contributed by atoms with van der Waals surface area (Å²) < 4.78 is 29.5. The number of guanidine groups is 1. The lowest BCUT2D eigenvalue weighted by molar-refractivity contribution is -0.0504. The fourth-order valence-corrected chi connectivity index (χ4v) is 2.46. The van der Waals surface area contributed by atoms with Crippen LogP contribution in [0.5, 0.6) is 5.75 Å². The molecule has 0 fully saturated rings. The highest BCUT2D eigenvalue weighted by Gasteiger charge is 2.09. The van der Waals surface area contributed by atoms with Crippen LogP contribution < -0.4 is 15.4 Å². The number of aliphatic imine (C=N–C) groups is 1. The van der Waals surface area contributed by atoms with Crippen molar-refractivity contribution in [3.63, 3.8) is 0 Å². The maximum Gasteiger partial charge on any atom is 0.387 e. The van der Waals surface area contributed by atoms with Crippen LogP contribution in [0.1, 0.15) is 30.2 Å². The molecule has 0 unspecified atom stereocenters. The van der Waals surface area contributed by atoms with E-state index in [1.807, 2.05) is 20.0 Å². The number of halogens is 2. The van der Waals surface area contributed by atoms with Crippen LogP contribution in [0, 0.1) is 6.92 Å². The van der Waals surface area contributed by atoms with Crippen molar-refractivity contribution in [2.24, 2.45) is 4.99 Å². The number of nitrogens with one attached hydrogen (secondary N) is 3. The van der Waals surface area contributed by atoms with Gasteiger partial charge in [0.05, 0.1) is 12.7 Å². The first kappa shape index (κ1) is 19.7. The van der Waals surface area contributed by atoms with E-state index >= 15 is 0 Å². The number of rotatable bonds is 9. The molecule has 1 heterocycles. The Bertz CT molecular complexity index is 702. The standard InChI is InChI=1S/C18H25F2N5O/c1-3-21-18(22-10-6-8-14-12-24-25-13(14)2)23-11-15-7-4-5-9-16(15)26-17(19)20/h4-5,7,9,12,17H,3,6,8,10-11H2,1-2H3,(H,24,25)(H2,21,22,23). The number of hydrogen-bond acceptors (Lipinski definition) is 3. The van der Waals surface area contributed by atoms with E-state index in [0.717, 1.165) is 25.1 Å². The van der Waals surface area contributed by atoms with Crippen molar-refractivity contribution in [2.45, 2.75) is 39.8 Å². The predicted molar refractivity (Wildman–Crippen MR) is 97.5 cm³/mol. The topological polar surface area (TPSA) is 74.3 Å². The van der Waals surface area contributed by atoms with Crippen molar-refractivity contribution in [1.82, 2.24) is 20.8 Å². The second-order valence-corrected chi connectivity index (χ2v) is 5.73. The second-order valence-electron chi connectivity index (χ2n) is 5.73. The Kier molecular flexibility index (Phi) is 7.85. The summed E-state index contributed by atoms with van der Waals surface area (Å²) in [5.41, 5.74) is 2.90. The van der Waals surface area contributed by atoms with E-state index in [-0.39, 0.29) is 12.3 Å². The maximum absolute atomic E-state index is 12.5. The van der Waals surface area contributed by atoms with Gasteiger partial charge in [-0.25, -0.2) is 4.99 Å². The highest BCUT2D eigenvalue weighted by molar-refractivity contribution is 5.79. The van der Waals surface area contributed by atoms with Gasteiger partial charge in [-0.2, -0.15) is 13.9 Å². The van der Waals surface area contributed by atoms with E-state index in [1.54, 1.807) is 18.2 Å². The number of aryl methyl sites for hydroxylation is 2. The first-order chi connectivity index (χ1) is 12.6. The largest absolute Gasteiger partial charge is 0.434 e. The zero-order valence-corrected chi connectivity index (χ0v) is 15.1. The summed E-state index contributed by atoms with van der Waals surface area (Å²) in [5.74, 6) is 0.792. The Labute approximate surface area is 152 Å². The van der Waals surface area contributed by atoms with Gasteiger partial charge in [0.2, 0.25) is 0 Å². The van der Waals surface area contributed by atoms with E-state index < -0.39 is 6.61 Å². The average molecular weight is 365 g/mol. The van der Waals surface area contributed by atoms with Crippen LogP contribution in [0.2, 0.25) is 0 Å². The van der Waals surface area contributed by atoms with E-state index in [2.05, 4.69) is 30.6 Å². The molecule has 142 valence electrons. The molecule has 0 atom stereocenters. The second kappa shape index (κ2) is 10.4. The maximum atomic E-state index is 12.5. The number of ether oxygens (including phenoxy) is 1. The molecular formula is C18H25F2N5O. The lowest BCUT2D eigenvalue weighted by atomic mass is 10.1. The third-order valence-electron chi connectivity index (χ3n) is 3.79. The molecule has 0 spiro atoms. The summed E-state index contributed by atoms with van der Waals surface area (Å²) in [7, 11) is 0. The number of benzene rings is 1.